The lowest BCUT2D eigenvalue weighted by molar-refractivity contribution is -0.117. The van der Waals surface area contributed by atoms with Gasteiger partial charge in [-0.1, -0.05) is 13.8 Å². The van der Waals surface area contributed by atoms with Crippen LogP contribution in [-0.4, -0.2) is 25.5 Å². The van der Waals surface area contributed by atoms with E-state index < -0.39 is 26.9 Å². The molecule has 0 N–H and O–H groups in total. The van der Waals surface area contributed by atoms with Crippen molar-refractivity contribution in [3.63, 3.8) is 0 Å². The van der Waals surface area contributed by atoms with E-state index in [4.69, 9.17) is 0 Å². The summed E-state index contributed by atoms with van der Waals surface area (Å²) in [7, 11) is -5.29. The molecule has 0 rings (SSSR count). The minimum atomic E-state index is -5.33. The van der Waals surface area contributed by atoms with Gasteiger partial charge in [0.15, 0.2) is 0 Å². The first-order chi connectivity index (χ1) is 6.06. The number of alkyl halides is 3. The molecule has 0 unspecified atom stereocenters. The molecule has 0 aromatic heterocycles. The number of carbonyl (C=O) groups is 1. The molecule has 0 atom stereocenters. The second-order valence-corrected chi connectivity index (χ2v) is 5.32. The van der Waals surface area contributed by atoms with E-state index in [2.05, 4.69) is 0 Å². The van der Waals surface area contributed by atoms with E-state index in [0.29, 0.717) is 0 Å². The summed E-state index contributed by atoms with van der Waals surface area (Å²) in [5.74, 6) is -2.50. The molecule has 0 amide bonds. The predicted octanol–water partition coefficient (Wildman–Crippen LogP) is 1.54. The summed E-state index contributed by atoms with van der Waals surface area (Å²) < 4.78 is 56.4. The van der Waals surface area contributed by atoms with Crippen molar-refractivity contribution in [3.05, 3.63) is 0 Å². The van der Waals surface area contributed by atoms with Crippen molar-refractivity contribution in [1.29, 1.82) is 0 Å². The normalized spacial score (nSPS) is 13.3. The molecular formula is C7H11F3O3S. The summed E-state index contributed by atoms with van der Waals surface area (Å²) in [5.41, 5.74) is -5.33. The average Bonchev–Trinajstić information content (AvgIpc) is 1.79. The molecule has 84 valence electrons. The number of rotatable bonds is 4. The Morgan fingerprint density at radius 1 is 1.29 bits per heavy atom. The maximum atomic E-state index is 11.8. The molecule has 0 aromatic rings. The van der Waals surface area contributed by atoms with Crippen molar-refractivity contribution in [1.82, 2.24) is 0 Å². The van der Waals surface area contributed by atoms with E-state index in [-0.39, 0.29) is 12.3 Å². The van der Waals surface area contributed by atoms with Crippen molar-refractivity contribution in [2.24, 2.45) is 5.92 Å². The van der Waals surface area contributed by atoms with Crippen molar-refractivity contribution >= 4 is 15.6 Å². The van der Waals surface area contributed by atoms with E-state index in [1.807, 2.05) is 0 Å². The first-order valence-corrected chi connectivity index (χ1v) is 5.52. The molecule has 0 radical (unpaired) electrons. The molecule has 0 aromatic carbocycles. The van der Waals surface area contributed by atoms with Crippen LogP contribution >= 0.6 is 0 Å². The van der Waals surface area contributed by atoms with E-state index in [1.165, 1.54) is 0 Å². The summed E-state index contributed by atoms with van der Waals surface area (Å²) in [4.78, 5) is 10.8. The minimum Gasteiger partial charge on any atom is -0.299 e. The molecule has 7 heteroatoms. The quantitative estimate of drug-likeness (QED) is 0.738. The van der Waals surface area contributed by atoms with E-state index in [0.717, 1.165) is 0 Å². The van der Waals surface area contributed by atoms with E-state index >= 15 is 0 Å². The Hall–Kier alpha value is -0.590. The van der Waals surface area contributed by atoms with Gasteiger partial charge in [0.1, 0.15) is 11.5 Å². The molecule has 0 saturated heterocycles. The number of hydrogen-bond acceptors (Lipinski definition) is 3. The van der Waals surface area contributed by atoms with Crippen molar-refractivity contribution < 1.29 is 26.4 Å². The third kappa shape index (κ3) is 4.08. The highest BCUT2D eigenvalue weighted by molar-refractivity contribution is 7.92. The zero-order valence-electron chi connectivity index (χ0n) is 7.76. The van der Waals surface area contributed by atoms with Gasteiger partial charge in [-0.05, 0) is 5.92 Å². The van der Waals surface area contributed by atoms with Gasteiger partial charge in [0.05, 0.1) is 0 Å². The van der Waals surface area contributed by atoms with Crippen LogP contribution in [-0.2, 0) is 14.6 Å². The molecular weight excluding hydrogens is 221 g/mol. The monoisotopic (exact) mass is 232 g/mol. The molecule has 0 fully saturated rings. The third-order valence-corrected chi connectivity index (χ3v) is 2.75. The van der Waals surface area contributed by atoms with Crippen LogP contribution in [0.1, 0.15) is 20.3 Å². The van der Waals surface area contributed by atoms with Crippen LogP contribution in [0.5, 0.6) is 0 Å². The number of halogens is 3. The average molecular weight is 232 g/mol. The predicted molar refractivity (Wildman–Crippen MR) is 44.3 cm³/mol. The van der Waals surface area contributed by atoms with Crippen LogP contribution in [0.3, 0.4) is 0 Å². The topological polar surface area (TPSA) is 51.2 Å². The van der Waals surface area contributed by atoms with Crippen LogP contribution < -0.4 is 0 Å². The molecule has 0 bridgehead atoms. The smallest absolute Gasteiger partial charge is 0.299 e. The van der Waals surface area contributed by atoms with Gasteiger partial charge < -0.3 is 0 Å². The Bertz CT molecular complexity index is 303. The number of hydrogen-bond donors (Lipinski definition) is 0. The molecule has 0 saturated carbocycles. The highest BCUT2D eigenvalue weighted by Crippen LogP contribution is 2.24. The fourth-order valence-electron chi connectivity index (χ4n) is 0.808. The molecule has 0 aliphatic carbocycles. The molecule has 0 heterocycles. The number of Topliss-reactive ketones (excluding diaryl/α,β-unsaturated/α-hetero) is 1. The Morgan fingerprint density at radius 2 is 1.71 bits per heavy atom. The summed E-state index contributed by atoms with van der Waals surface area (Å²) in [6, 6.07) is 0. The van der Waals surface area contributed by atoms with Crippen LogP contribution in [0.15, 0.2) is 0 Å². The number of ketones is 1. The lowest BCUT2D eigenvalue weighted by Crippen LogP contribution is -2.30. The SMILES string of the molecule is CC(C)CC(=O)CS(=O)(=O)C(F)(F)F. The van der Waals surface area contributed by atoms with Gasteiger partial charge in [0.25, 0.3) is 9.84 Å². The lowest BCUT2D eigenvalue weighted by Gasteiger charge is -2.07. The molecule has 0 spiro atoms. The summed E-state index contributed by atoms with van der Waals surface area (Å²) in [6.07, 6.45) is -0.157. The van der Waals surface area contributed by atoms with Gasteiger partial charge in [0.2, 0.25) is 0 Å². The minimum absolute atomic E-state index is 0.147. The van der Waals surface area contributed by atoms with Crippen molar-refractivity contribution in [2.45, 2.75) is 25.8 Å². The van der Waals surface area contributed by atoms with Crippen LogP contribution in [0, 0.1) is 5.92 Å². The van der Waals surface area contributed by atoms with Crippen molar-refractivity contribution in [2.75, 3.05) is 5.75 Å². The zero-order valence-corrected chi connectivity index (χ0v) is 8.57. The fraction of sp³-hybridized carbons (Fsp3) is 0.857. The summed E-state index contributed by atoms with van der Waals surface area (Å²) >= 11 is 0. The van der Waals surface area contributed by atoms with Gasteiger partial charge in [0, 0.05) is 6.42 Å². The molecule has 14 heavy (non-hydrogen) atoms. The molecule has 3 nitrogen and oxygen atoms in total. The van der Waals surface area contributed by atoms with Crippen LogP contribution in [0.25, 0.3) is 0 Å². The lowest BCUT2D eigenvalue weighted by atomic mass is 10.1. The van der Waals surface area contributed by atoms with E-state index in [1.54, 1.807) is 13.8 Å². The van der Waals surface area contributed by atoms with E-state index in [9.17, 15) is 26.4 Å². The Balaban J connectivity index is 4.48. The third-order valence-electron chi connectivity index (χ3n) is 1.34. The first kappa shape index (κ1) is 13.4. The van der Waals surface area contributed by atoms with Crippen molar-refractivity contribution in [3.8, 4) is 0 Å². The molecule has 0 aliphatic heterocycles. The highest BCUT2D eigenvalue weighted by Gasteiger charge is 2.46. The summed E-state index contributed by atoms with van der Waals surface area (Å²) in [5, 5.41) is 0. The summed E-state index contributed by atoms with van der Waals surface area (Å²) in [6.45, 7) is 3.25. The maximum absolute atomic E-state index is 11.8. The maximum Gasteiger partial charge on any atom is 0.497 e. The van der Waals surface area contributed by atoms with Gasteiger partial charge in [-0.15, -0.1) is 0 Å². The standard InChI is InChI=1S/C7H11F3O3S/c1-5(2)3-6(11)4-14(12,13)7(8,9)10/h5H,3-4H2,1-2H3. The van der Waals surface area contributed by atoms with Crippen LogP contribution in [0.4, 0.5) is 13.2 Å². The first-order valence-electron chi connectivity index (χ1n) is 3.87. The second kappa shape index (κ2) is 4.29. The fourth-order valence-corrected chi connectivity index (χ4v) is 1.51. The largest absolute Gasteiger partial charge is 0.497 e. The van der Waals surface area contributed by atoms with Gasteiger partial charge >= 0.3 is 5.51 Å². The van der Waals surface area contributed by atoms with Gasteiger partial charge in [-0.25, -0.2) is 8.42 Å². The second-order valence-electron chi connectivity index (χ2n) is 3.34. The van der Waals surface area contributed by atoms with Crippen LogP contribution in [0.2, 0.25) is 0 Å². The zero-order chi connectivity index (χ0) is 11.6. The highest BCUT2D eigenvalue weighted by atomic mass is 32.2. The Kier molecular flexibility index (Phi) is 4.11. The molecule has 0 aliphatic rings. The Morgan fingerprint density at radius 3 is 2.00 bits per heavy atom. The Labute approximate surface area is 80.2 Å². The van der Waals surface area contributed by atoms with Gasteiger partial charge in [-0.3, -0.25) is 4.79 Å². The van der Waals surface area contributed by atoms with Gasteiger partial charge in [-0.2, -0.15) is 13.2 Å². The number of sulfone groups is 1. The number of carbonyl (C=O) groups excluding carboxylic acids is 1.